The van der Waals surface area contributed by atoms with E-state index in [0.717, 1.165) is 6.54 Å². The molecule has 13 heavy (non-hydrogen) atoms. The molecule has 70 valence electrons. The highest BCUT2D eigenvalue weighted by molar-refractivity contribution is 5.90. The molecule has 0 amide bonds. The fourth-order valence-corrected chi connectivity index (χ4v) is 1.37. The minimum atomic E-state index is -0.990. The summed E-state index contributed by atoms with van der Waals surface area (Å²) < 4.78 is 6.88. The van der Waals surface area contributed by atoms with Crippen molar-refractivity contribution in [3.05, 3.63) is 11.8 Å². The monoisotopic (exact) mass is 182 g/mol. The third-order valence-corrected chi connectivity index (χ3v) is 2.01. The molecule has 1 atom stereocenters. The molecule has 1 aromatic heterocycles. The molecule has 1 unspecified atom stereocenters. The van der Waals surface area contributed by atoms with E-state index in [0.29, 0.717) is 18.4 Å². The molecule has 2 heterocycles. The quantitative estimate of drug-likeness (QED) is 0.691. The average molecular weight is 182 g/mol. The molecule has 1 aromatic rings. The van der Waals surface area contributed by atoms with E-state index in [-0.39, 0.29) is 5.56 Å². The Kier molecular flexibility index (Phi) is 1.72. The molecule has 1 aliphatic heterocycles. The normalized spacial score (nSPS) is 20.5. The molecule has 0 aliphatic carbocycles. The van der Waals surface area contributed by atoms with Crippen LogP contribution in [0.1, 0.15) is 17.3 Å². The number of aromatic nitrogens is 2. The van der Waals surface area contributed by atoms with Gasteiger partial charge in [0, 0.05) is 5.92 Å². The van der Waals surface area contributed by atoms with Crippen molar-refractivity contribution in [2.75, 3.05) is 6.61 Å². The molecule has 0 radical (unpaired) electrons. The third kappa shape index (κ3) is 1.26. The van der Waals surface area contributed by atoms with E-state index < -0.39 is 5.97 Å². The Balaban J connectivity index is 2.39. The number of rotatable bonds is 1. The smallest absolute Gasteiger partial charge is 0.342 e. The van der Waals surface area contributed by atoms with Gasteiger partial charge in [-0.1, -0.05) is 6.92 Å². The summed E-state index contributed by atoms with van der Waals surface area (Å²) in [6, 6.07) is 0. The van der Waals surface area contributed by atoms with E-state index in [1.165, 1.54) is 6.20 Å². The fraction of sp³-hybridized carbons (Fsp3) is 0.500. The summed E-state index contributed by atoms with van der Waals surface area (Å²) in [5.74, 6) is -0.226. The SMILES string of the molecule is CC1COc2c(C(=O)O)cnn2C1. The highest BCUT2D eigenvalue weighted by atomic mass is 16.5. The molecular formula is C8H10N2O3. The lowest BCUT2D eigenvalue weighted by Gasteiger charge is -2.20. The van der Waals surface area contributed by atoms with Crippen molar-refractivity contribution in [2.24, 2.45) is 5.92 Å². The maximum atomic E-state index is 10.7. The van der Waals surface area contributed by atoms with Crippen LogP contribution in [0.5, 0.6) is 5.88 Å². The standard InChI is InChI=1S/C8H10N2O3/c1-5-3-10-7(13-4-5)6(2-9-10)8(11)12/h2,5H,3-4H2,1H3,(H,11,12). The minimum Gasteiger partial charge on any atom is -0.477 e. The van der Waals surface area contributed by atoms with Crippen molar-refractivity contribution in [3.63, 3.8) is 0 Å². The predicted octanol–water partition coefficient (Wildman–Crippen LogP) is 0.610. The van der Waals surface area contributed by atoms with Gasteiger partial charge in [0.2, 0.25) is 5.88 Å². The Morgan fingerprint density at radius 2 is 2.62 bits per heavy atom. The fourth-order valence-electron chi connectivity index (χ4n) is 1.37. The Morgan fingerprint density at radius 1 is 1.85 bits per heavy atom. The lowest BCUT2D eigenvalue weighted by Crippen LogP contribution is -2.24. The van der Waals surface area contributed by atoms with Crippen LogP contribution >= 0.6 is 0 Å². The number of ether oxygens (including phenoxy) is 1. The molecule has 1 aliphatic rings. The van der Waals surface area contributed by atoms with Gasteiger partial charge in [-0.25, -0.2) is 9.48 Å². The Hall–Kier alpha value is -1.52. The number of nitrogens with zero attached hydrogens (tertiary/aromatic N) is 2. The third-order valence-electron chi connectivity index (χ3n) is 2.01. The second kappa shape index (κ2) is 2.76. The number of hydrogen-bond acceptors (Lipinski definition) is 3. The summed E-state index contributed by atoms with van der Waals surface area (Å²) in [6.07, 6.45) is 1.33. The average Bonchev–Trinajstić information content (AvgIpc) is 2.46. The maximum Gasteiger partial charge on any atom is 0.342 e. The number of carbonyl (C=O) groups is 1. The summed E-state index contributed by atoms with van der Waals surface area (Å²) in [6.45, 7) is 3.32. The van der Waals surface area contributed by atoms with Gasteiger partial charge < -0.3 is 9.84 Å². The van der Waals surface area contributed by atoms with Crippen LogP contribution in [0.25, 0.3) is 0 Å². The first-order chi connectivity index (χ1) is 6.18. The van der Waals surface area contributed by atoms with Crippen LogP contribution in [-0.4, -0.2) is 27.5 Å². The zero-order valence-corrected chi connectivity index (χ0v) is 7.23. The maximum absolute atomic E-state index is 10.7. The predicted molar refractivity (Wildman–Crippen MR) is 43.8 cm³/mol. The van der Waals surface area contributed by atoms with Crippen molar-refractivity contribution >= 4 is 5.97 Å². The van der Waals surface area contributed by atoms with E-state index >= 15 is 0 Å². The number of carboxylic acids is 1. The van der Waals surface area contributed by atoms with Crippen LogP contribution in [-0.2, 0) is 6.54 Å². The van der Waals surface area contributed by atoms with Gasteiger partial charge in [0.25, 0.3) is 0 Å². The Morgan fingerprint density at radius 3 is 3.31 bits per heavy atom. The molecule has 0 aromatic carbocycles. The molecular weight excluding hydrogens is 172 g/mol. The van der Waals surface area contributed by atoms with E-state index in [4.69, 9.17) is 9.84 Å². The number of hydrogen-bond donors (Lipinski definition) is 1. The molecule has 0 spiro atoms. The van der Waals surface area contributed by atoms with Crippen LogP contribution in [0.15, 0.2) is 6.20 Å². The Labute approximate surface area is 74.9 Å². The second-order valence-corrected chi connectivity index (χ2v) is 3.27. The van der Waals surface area contributed by atoms with Crippen molar-refractivity contribution in [1.29, 1.82) is 0 Å². The van der Waals surface area contributed by atoms with Gasteiger partial charge in [-0.2, -0.15) is 5.10 Å². The molecule has 5 heteroatoms. The summed E-state index contributed by atoms with van der Waals surface area (Å²) in [4.78, 5) is 10.7. The first-order valence-electron chi connectivity index (χ1n) is 4.10. The highest BCUT2D eigenvalue weighted by Crippen LogP contribution is 2.23. The summed E-state index contributed by atoms with van der Waals surface area (Å²) in [5, 5.41) is 12.7. The lowest BCUT2D eigenvalue weighted by atomic mass is 10.2. The molecule has 0 saturated carbocycles. The van der Waals surface area contributed by atoms with E-state index in [9.17, 15) is 4.79 Å². The number of aromatic carboxylic acids is 1. The van der Waals surface area contributed by atoms with Gasteiger partial charge >= 0.3 is 5.97 Å². The van der Waals surface area contributed by atoms with E-state index in [1.807, 2.05) is 6.92 Å². The van der Waals surface area contributed by atoms with Gasteiger partial charge in [-0.05, 0) is 0 Å². The van der Waals surface area contributed by atoms with Crippen LogP contribution in [0, 0.1) is 5.92 Å². The Bertz CT molecular complexity index is 345. The van der Waals surface area contributed by atoms with Gasteiger partial charge in [0.15, 0.2) is 0 Å². The van der Waals surface area contributed by atoms with Gasteiger partial charge in [-0.15, -0.1) is 0 Å². The second-order valence-electron chi connectivity index (χ2n) is 3.27. The molecule has 0 fully saturated rings. The molecule has 2 rings (SSSR count). The summed E-state index contributed by atoms with van der Waals surface area (Å²) in [7, 11) is 0. The van der Waals surface area contributed by atoms with Crippen LogP contribution in [0.3, 0.4) is 0 Å². The topological polar surface area (TPSA) is 64.3 Å². The first-order valence-corrected chi connectivity index (χ1v) is 4.10. The van der Waals surface area contributed by atoms with Gasteiger partial charge in [-0.3, -0.25) is 0 Å². The zero-order chi connectivity index (χ0) is 9.42. The van der Waals surface area contributed by atoms with E-state index in [1.54, 1.807) is 4.68 Å². The molecule has 5 nitrogen and oxygen atoms in total. The lowest BCUT2D eigenvalue weighted by molar-refractivity contribution is 0.0687. The van der Waals surface area contributed by atoms with E-state index in [2.05, 4.69) is 5.10 Å². The zero-order valence-electron chi connectivity index (χ0n) is 7.23. The van der Waals surface area contributed by atoms with Crippen molar-refractivity contribution in [1.82, 2.24) is 9.78 Å². The van der Waals surface area contributed by atoms with Crippen molar-refractivity contribution in [3.8, 4) is 5.88 Å². The summed E-state index contributed by atoms with van der Waals surface area (Å²) in [5.41, 5.74) is 0.145. The van der Waals surface area contributed by atoms with Crippen LogP contribution in [0.2, 0.25) is 0 Å². The minimum absolute atomic E-state index is 0.145. The molecule has 1 N–H and O–H groups in total. The van der Waals surface area contributed by atoms with Crippen LogP contribution < -0.4 is 4.74 Å². The number of fused-ring (bicyclic) bond motifs is 1. The highest BCUT2D eigenvalue weighted by Gasteiger charge is 2.23. The van der Waals surface area contributed by atoms with Crippen molar-refractivity contribution in [2.45, 2.75) is 13.5 Å². The number of carboxylic acid groups (broad SMARTS) is 1. The van der Waals surface area contributed by atoms with Gasteiger partial charge in [0.05, 0.1) is 19.3 Å². The summed E-state index contributed by atoms with van der Waals surface area (Å²) >= 11 is 0. The van der Waals surface area contributed by atoms with Gasteiger partial charge in [0.1, 0.15) is 5.56 Å². The molecule has 0 bridgehead atoms. The molecule has 0 saturated heterocycles. The first kappa shape index (κ1) is 8.10. The van der Waals surface area contributed by atoms with Crippen LogP contribution in [0.4, 0.5) is 0 Å². The largest absolute Gasteiger partial charge is 0.477 e. The van der Waals surface area contributed by atoms with Crippen molar-refractivity contribution < 1.29 is 14.6 Å².